The van der Waals surface area contributed by atoms with Crippen LogP contribution >= 0.6 is 0 Å². The summed E-state index contributed by atoms with van der Waals surface area (Å²) in [4.78, 5) is 25.4. The molecule has 2 rings (SSSR count). The number of nitrogens with zero attached hydrogens (tertiary/aromatic N) is 1. The van der Waals surface area contributed by atoms with Crippen LogP contribution < -0.4 is 11.1 Å². The summed E-state index contributed by atoms with van der Waals surface area (Å²) in [5, 5.41) is 2.69. The molecule has 0 spiro atoms. The van der Waals surface area contributed by atoms with Crippen molar-refractivity contribution >= 4 is 17.5 Å². The van der Waals surface area contributed by atoms with Gasteiger partial charge in [0.05, 0.1) is 6.04 Å². The monoisotopic (exact) mass is 261 g/mol. The number of nitrogens with two attached hydrogens (primary N) is 1. The molecule has 1 aromatic rings. The molecular formula is C14H19N3O2. The lowest BCUT2D eigenvalue weighted by Gasteiger charge is -2.15. The topological polar surface area (TPSA) is 75.4 Å². The normalized spacial score (nSPS) is 16.2. The van der Waals surface area contributed by atoms with Crippen LogP contribution in [0.3, 0.4) is 0 Å². The van der Waals surface area contributed by atoms with E-state index in [-0.39, 0.29) is 11.8 Å². The van der Waals surface area contributed by atoms with E-state index in [1.54, 1.807) is 31.2 Å². The Hall–Kier alpha value is -1.88. The summed E-state index contributed by atoms with van der Waals surface area (Å²) in [5.41, 5.74) is 6.78. The third-order valence-electron chi connectivity index (χ3n) is 3.21. The Balaban J connectivity index is 2.01. The molecule has 1 saturated heterocycles. The molecule has 102 valence electrons. The first-order chi connectivity index (χ1) is 9.08. The lowest BCUT2D eigenvalue weighted by Crippen LogP contribution is -2.32. The molecule has 0 unspecified atom stereocenters. The van der Waals surface area contributed by atoms with Gasteiger partial charge >= 0.3 is 0 Å². The zero-order valence-electron chi connectivity index (χ0n) is 11.1. The van der Waals surface area contributed by atoms with Gasteiger partial charge in [-0.15, -0.1) is 0 Å². The van der Waals surface area contributed by atoms with Gasteiger partial charge in [-0.1, -0.05) is 0 Å². The first-order valence-electron chi connectivity index (χ1n) is 6.54. The van der Waals surface area contributed by atoms with Gasteiger partial charge in [0, 0.05) is 24.3 Å². The van der Waals surface area contributed by atoms with Gasteiger partial charge in [-0.3, -0.25) is 9.59 Å². The second-order valence-electron chi connectivity index (χ2n) is 4.85. The Bertz CT molecular complexity index is 462. The minimum atomic E-state index is -0.550. The van der Waals surface area contributed by atoms with E-state index in [0.29, 0.717) is 11.3 Å². The fraction of sp³-hybridized carbons (Fsp3) is 0.429. The summed E-state index contributed by atoms with van der Waals surface area (Å²) >= 11 is 0. The van der Waals surface area contributed by atoms with Gasteiger partial charge in [0.2, 0.25) is 5.91 Å². The van der Waals surface area contributed by atoms with E-state index in [1.165, 1.54) is 0 Å². The molecular weight excluding hydrogens is 242 g/mol. The molecule has 5 heteroatoms. The molecule has 0 aliphatic carbocycles. The largest absolute Gasteiger partial charge is 0.339 e. The number of benzene rings is 1. The van der Waals surface area contributed by atoms with Gasteiger partial charge in [0.1, 0.15) is 0 Å². The van der Waals surface area contributed by atoms with E-state index in [0.717, 1.165) is 25.9 Å². The standard InChI is InChI=1S/C14H19N3O2/c1-10(15)13(18)16-12-6-4-11(5-7-12)14(19)17-8-2-3-9-17/h4-7,10H,2-3,8-9,15H2,1H3,(H,16,18)/t10-/m0/s1. The van der Waals surface area contributed by atoms with Gasteiger partial charge in [-0.05, 0) is 44.0 Å². The third-order valence-corrected chi connectivity index (χ3v) is 3.21. The van der Waals surface area contributed by atoms with Crippen LogP contribution in [0.1, 0.15) is 30.1 Å². The molecule has 1 aliphatic heterocycles. The zero-order valence-corrected chi connectivity index (χ0v) is 11.1. The van der Waals surface area contributed by atoms with Crippen molar-refractivity contribution in [3.8, 4) is 0 Å². The van der Waals surface area contributed by atoms with Crippen LogP contribution in [0.5, 0.6) is 0 Å². The minimum Gasteiger partial charge on any atom is -0.339 e. The van der Waals surface area contributed by atoms with E-state index >= 15 is 0 Å². The summed E-state index contributed by atoms with van der Waals surface area (Å²) in [6.07, 6.45) is 2.16. The van der Waals surface area contributed by atoms with Crippen molar-refractivity contribution in [1.29, 1.82) is 0 Å². The highest BCUT2D eigenvalue weighted by Crippen LogP contribution is 2.15. The zero-order chi connectivity index (χ0) is 13.8. The molecule has 5 nitrogen and oxygen atoms in total. The van der Waals surface area contributed by atoms with Crippen LogP contribution in [-0.4, -0.2) is 35.8 Å². The molecule has 0 saturated carbocycles. The summed E-state index contributed by atoms with van der Waals surface area (Å²) in [6, 6.07) is 6.37. The summed E-state index contributed by atoms with van der Waals surface area (Å²) in [6.45, 7) is 3.30. The molecule has 0 aromatic heterocycles. The van der Waals surface area contributed by atoms with Crippen LogP contribution in [0.4, 0.5) is 5.69 Å². The van der Waals surface area contributed by atoms with Gasteiger partial charge in [0.15, 0.2) is 0 Å². The maximum absolute atomic E-state index is 12.1. The van der Waals surface area contributed by atoms with Crippen LogP contribution in [0.15, 0.2) is 24.3 Å². The molecule has 0 bridgehead atoms. The number of amides is 2. The Morgan fingerprint density at radius 2 is 1.79 bits per heavy atom. The van der Waals surface area contributed by atoms with Crippen molar-refractivity contribution in [3.05, 3.63) is 29.8 Å². The highest BCUT2D eigenvalue weighted by molar-refractivity contribution is 5.97. The fourth-order valence-electron chi connectivity index (χ4n) is 2.06. The number of nitrogens with one attached hydrogen (secondary N) is 1. The van der Waals surface area contributed by atoms with Crippen molar-refractivity contribution in [1.82, 2.24) is 4.90 Å². The predicted octanol–water partition coefficient (Wildman–Crippen LogP) is 1.21. The maximum atomic E-state index is 12.1. The molecule has 1 aliphatic rings. The highest BCUT2D eigenvalue weighted by atomic mass is 16.2. The first kappa shape index (κ1) is 13.5. The molecule has 3 N–H and O–H groups in total. The van der Waals surface area contributed by atoms with Crippen LogP contribution in [0.25, 0.3) is 0 Å². The Kier molecular flexibility index (Phi) is 4.16. The molecule has 1 aromatic carbocycles. The number of anilines is 1. The third kappa shape index (κ3) is 3.32. The average Bonchev–Trinajstić information content (AvgIpc) is 2.92. The molecule has 19 heavy (non-hydrogen) atoms. The number of hydrogen-bond acceptors (Lipinski definition) is 3. The number of hydrogen-bond donors (Lipinski definition) is 2. The smallest absolute Gasteiger partial charge is 0.253 e. The summed E-state index contributed by atoms with van der Waals surface area (Å²) < 4.78 is 0. The quantitative estimate of drug-likeness (QED) is 0.858. The van der Waals surface area contributed by atoms with Crippen LogP contribution in [0, 0.1) is 0 Å². The number of carbonyl (C=O) groups excluding carboxylic acids is 2. The van der Waals surface area contributed by atoms with Crippen molar-refractivity contribution in [2.45, 2.75) is 25.8 Å². The van der Waals surface area contributed by atoms with Crippen LogP contribution in [0.2, 0.25) is 0 Å². The van der Waals surface area contributed by atoms with Gasteiger partial charge in [0.25, 0.3) is 5.91 Å². The van der Waals surface area contributed by atoms with Crippen molar-refractivity contribution in [2.75, 3.05) is 18.4 Å². The molecule has 1 heterocycles. The Morgan fingerprint density at radius 1 is 1.21 bits per heavy atom. The second-order valence-corrected chi connectivity index (χ2v) is 4.85. The Morgan fingerprint density at radius 3 is 2.32 bits per heavy atom. The van der Waals surface area contributed by atoms with E-state index in [4.69, 9.17) is 5.73 Å². The lowest BCUT2D eigenvalue weighted by molar-refractivity contribution is -0.117. The molecule has 2 amide bonds. The molecule has 1 atom stereocenters. The van der Waals surface area contributed by atoms with E-state index in [2.05, 4.69) is 5.32 Å². The number of likely N-dealkylation sites (tertiary alicyclic amines) is 1. The van der Waals surface area contributed by atoms with Crippen molar-refractivity contribution in [3.63, 3.8) is 0 Å². The first-order valence-corrected chi connectivity index (χ1v) is 6.54. The Labute approximate surface area is 112 Å². The van der Waals surface area contributed by atoms with Gasteiger partial charge in [-0.2, -0.15) is 0 Å². The minimum absolute atomic E-state index is 0.0579. The average molecular weight is 261 g/mol. The van der Waals surface area contributed by atoms with Gasteiger partial charge in [-0.25, -0.2) is 0 Å². The highest BCUT2D eigenvalue weighted by Gasteiger charge is 2.19. The number of rotatable bonds is 3. The number of carbonyl (C=O) groups is 2. The summed E-state index contributed by atoms with van der Waals surface area (Å²) in [7, 11) is 0. The van der Waals surface area contributed by atoms with E-state index in [1.807, 2.05) is 4.90 Å². The van der Waals surface area contributed by atoms with E-state index < -0.39 is 6.04 Å². The van der Waals surface area contributed by atoms with Crippen molar-refractivity contribution in [2.24, 2.45) is 5.73 Å². The molecule has 1 fully saturated rings. The van der Waals surface area contributed by atoms with Gasteiger partial charge < -0.3 is 16.0 Å². The van der Waals surface area contributed by atoms with Crippen molar-refractivity contribution < 1.29 is 9.59 Å². The SMILES string of the molecule is C[C@H](N)C(=O)Nc1ccc(C(=O)N2CCCC2)cc1. The van der Waals surface area contributed by atoms with Crippen LogP contribution in [-0.2, 0) is 4.79 Å². The summed E-state index contributed by atoms with van der Waals surface area (Å²) in [5.74, 6) is -0.179. The second kappa shape index (κ2) is 5.84. The molecule has 0 radical (unpaired) electrons. The van der Waals surface area contributed by atoms with E-state index in [9.17, 15) is 9.59 Å². The predicted molar refractivity (Wildman–Crippen MR) is 73.9 cm³/mol. The maximum Gasteiger partial charge on any atom is 0.253 e. The fourth-order valence-corrected chi connectivity index (χ4v) is 2.06. The lowest BCUT2D eigenvalue weighted by atomic mass is 10.2.